The van der Waals surface area contributed by atoms with Crippen molar-refractivity contribution in [3.05, 3.63) is 12.2 Å². The molecule has 0 N–H and O–H groups in total. The lowest BCUT2D eigenvalue weighted by atomic mass is 10.3. The second-order valence-electron chi connectivity index (χ2n) is 2.80. The van der Waals surface area contributed by atoms with Gasteiger partial charge in [-0.3, -0.25) is 4.79 Å². The molecule has 1 atom stereocenters. The van der Waals surface area contributed by atoms with Crippen molar-refractivity contribution in [1.82, 2.24) is 0 Å². The van der Waals surface area contributed by atoms with Crippen LogP contribution in [0.3, 0.4) is 0 Å². The molecule has 0 aliphatic carbocycles. The fraction of sp³-hybridized carbons (Fsp3) is 0.556. The van der Waals surface area contributed by atoms with E-state index in [0.717, 1.165) is 0 Å². The average Bonchev–Trinajstić information content (AvgIpc) is 1.98. The third-order valence-electron chi connectivity index (χ3n) is 1.16. The van der Waals surface area contributed by atoms with E-state index in [1.54, 1.807) is 13.8 Å². The Bertz CT molecular complexity index is 220. The smallest absolute Gasteiger partial charge is 0.333 e. The lowest BCUT2D eigenvalue weighted by Crippen LogP contribution is -2.21. The highest BCUT2D eigenvalue weighted by Crippen LogP contribution is 1.97. The zero-order chi connectivity index (χ0) is 10.4. The Kier molecular flexibility index (Phi) is 4.80. The molecule has 0 saturated heterocycles. The summed E-state index contributed by atoms with van der Waals surface area (Å²) >= 11 is 0. The van der Waals surface area contributed by atoms with E-state index in [4.69, 9.17) is 9.47 Å². The van der Waals surface area contributed by atoms with Crippen molar-refractivity contribution >= 4 is 11.9 Å². The molecule has 0 aliphatic rings. The number of carbonyl (C=O) groups excluding carboxylic acids is 2. The minimum Gasteiger partial charge on any atom is -0.459 e. The molecule has 0 spiro atoms. The molecule has 0 amide bonds. The fourth-order valence-electron chi connectivity index (χ4n) is 0.634. The molecule has 0 aliphatic heterocycles. The van der Waals surface area contributed by atoms with Crippen LogP contribution in [0.1, 0.15) is 20.8 Å². The normalized spacial score (nSPS) is 11.6. The summed E-state index contributed by atoms with van der Waals surface area (Å²) in [4.78, 5) is 21.3. The molecule has 74 valence electrons. The maximum Gasteiger partial charge on any atom is 0.333 e. The van der Waals surface area contributed by atoms with Crippen LogP contribution < -0.4 is 0 Å². The third kappa shape index (κ3) is 5.90. The van der Waals surface area contributed by atoms with E-state index in [1.165, 1.54) is 6.92 Å². The molecule has 4 heteroatoms. The highest BCUT2D eigenvalue weighted by molar-refractivity contribution is 5.86. The van der Waals surface area contributed by atoms with E-state index in [9.17, 15) is 9.59 Å². The zero-order valence-electron chi connectivity index (χ0n) is 8.12. The molecule has 0 aromatic rings. The Labute approximate surface area is 77.5 Å². The Hall–Kier alpha value is -1.32. The van der Waals surface area contributed by atoms with Gasteiger partial charge in [0.1, 0.15) is 12.7 Å². The van der Waals surface area contributed by atoms with E-state index in [0.29, 0.717) is 5.57 Å². The van der Waals surface area contributed by atoms with Gasteiger partial charge in [-0.2, -0.15) is 0 Å². The second-order valence-corrected chi connectivity index (χ2v) is 2.80. The first-order chi connectivity index (χ1) is 5.93. The summed E-state index contributed by atoms with van der Waals surface area (Å²) in [7, 11) is 0. The van der Waals surface area contributed by atoms with E-state index >= 15 is 0 Å². The average molecular weight is 186 g/mol. The molecule has 0 aromatic heterocycles. The van der Waals surface area contributed by atoms with Gasteiger partial charge in [-0.25, -0.2) is 4.79 Å². The SMILES string of the molecule is C=C(C)C(=O)OCC(C)OC(C)=O. The summed E-state index contributed by atoms with van der Waals surface area (Å²) in [6.45, 7) is 7.98. The topological polar surface area (TPSA) is 52.6 Å². The minimum absolute atomic E-state index is 0.0608. The summed E-state index contributed by atoms with van der Waals surface area (Å²) in [6, 6.07) is 0. The van der Waals surface area contributed by atoms with Crippen LogP contribution in [0.25, 0.3) is 0 Å². The Morgan fingerprint density at radius 2 is 1.92 bits per heavy atom. The molecule has 0 rings (SSSR count). The minimum atomic E-state index is -0.473. The van der Waals surface area contributed by atoms with Crippen molar-refractivity contribution in [2.75, 3.05) is 6.61 Å². The fourth-order valence-corrected chi connectivity index (χ4v) is 0.634. The van der Waals surface area contributed by atoms with Crippen LogP contribution in [0.15, 0.2) is 12.2 Å². The lowest BCUT2D eigenvalue weighted by Gasteiger charge is -2.11. The van der Waals surface area contributed by atoms with Gasteiger partial charge in [-0.1, -0.05) is 6.58 Å². The Balaban J connectivity index is 3.70. The van der Waals surface area contributed by atoms with Gasteiger partial charge in [0.15, 0.2) is 0 Å². The standard InChI is InChI=1S/C9H14O4/c1-6(2)9(11)12-5-7(3)13-8(4)10/h7H,1,5H2,2-4H3. The van der Waals surface area contributed by atoms with Crippen LogP contribution in [0, 0.1) is 0 Å². The molecule has 0 fully saturated rings. The summed E-state index contributed by atoms with van der Waals surface area (Å²) in [5.41, 5.74) is 0.329. The first kappa shape index (κ1) is 11.7. The van der Waals surface area contributed by atoms with Crippen molar-refractivity contribution in [3.8, 4) is 0 Å². The van der Waals surface area contributed by atoms with Crippen LogP contribution in [-0.4, -0.2) is 24.6 Å². The van der Waals surface area contributed by atoms with Crippen molar-refractivity contribution in [3.63, 3.8) is 0 Å². The largest absolute Gasteiger partial charge is 0.459 e. The van der Waals surface area contributed by atoms with Gasteiger partial charge in [0.25, 0.3) is 0 Å². The van der Waals surface area contributed by atoms with Gasteiger partial charge in [-0.15, -0.1) is 0 Å². The number of carbonyl (C=O) groups is 2. The summed E-state index contributed by atoms with van der Waals surface area (Å²) in [5, 5.41) is 0. The Morgan fingerprint density at radius 1 is 1.38 bits per heavy atom. The molecular formula is C9H14O4. The molecule has 0 aromatic carbocycles. The highest BCUT2D eigenvalue weighted by Gasteiger charge is 2.09. The van der Waals surface area contributed by atoms with Crippen LogP contribution in [0.4, 0.5) is 0 Å². The molecule has 0 saturated carbocycles. The number of hydrogen-bond donors (Lipinski definition) is 0. The molecule has 0 bridgehead atoms. The molecule has 0 heterocycles. The van der Waals surface area contributed by atoms with Crippen molar-refractivity contribution in [2.24, 2.45) is 0 Å². The number of rotatable bonds is 4. The summed E-state index contributed by atoms with van der Waals surface area (Å²) in [6.07, 6.45) is -0.416. The molecule has 1 unspecified atom stereocenters. The molecule has 0 radical (unpaired) electrons. The van der Waals surface area contributed by atoms with Crippen molar-refractivity contribution in [2.45, 2.75) is 26.9 Å². The van der Waals surface area contributed by atoms with Gasteiger partial charge in [-0.05, 0) is 13.8 Å². The first-order valence-electron chi connectivity index (χ1n) is 3.93. The summed E-state index contributed by atoms with van der Waals surface area (Å²) in [5.74, 6) is -0.863. The lowest BCUT2D eigenvalue weighted by molar-refractivity contribution is -0.154. The second kappa shape index (κ2) is 5.35. The van der Waals surface area contributed by atoms with Crippen LogP contribution in [-0.2, 0) is 19.1 Å². The van der Waals surface area contributed by atoms with Crippen LogP contribution >= 0.6 is 0 Å². The predicted molar refractivity (Wildman–Crippen MR) is 47.0 cm³/mol. The monoisotopic (exact) mass is 186 g/mol. The van der Waals surface area contributed by atoms with Crippen LogP contribution in [0.2, 0.25) is 0 Å². The van der Waals surface area contributed by atoms with E-state index in [1.807, 2.05) is 0 Å². The molecule has 4 nitrogen and oxygen atoms in total. The van der Waals surface area contributed by atoms with Gasteiger partial charge in [0.05, 0.1) is 0 Å². The predicted octanol–water partition coefficient (Wildman–Crippen LogP) is 1.06. The van der Waals surface area contributed by atoms with Gasteiger partial charge >= 0.3 is 11.9 Å². The summed E-state index contributed by atoms with van der Waals surface area (Å²) < 4.78 is 9.48. The van der Waals surface area contributed by atoms with Gasteiger partial charge < -0.3 is 9.47 Å². The Morgan fingerprint density at radius 3 is 2.31 bits per heavy atom. The highest BCUT2D eigenvalue weighted by atomic mass is 16.6. The third-order valence-corrected chi connectivity index (χ3v) is 1.16. The number of hydrogen-bond acceptors (Lipinski definition) is 4. The van der Waals surface area contributed by atoms with E-state index < -0.39 is 12.1 Å². The first-order valence-corrected chi connectivity index (χ1v) is 3.93. The van der Waals surface area contributed by atoms with Gasteiger partial charge in [0, 0.05) is 12.5 Å². The quantitative estimate of drug-likeness (QED) is 0.486. The van der Waals surface area contributed by atoms with Crippen LogP contribution in [0.5, 0.6) is 0 Å². The maximum atomic E-state index is 10.9. The van der Waals surface area contributed by atoms with Gasteiger partial charge in [0.2, 0.25) is 0 Å². The van der Waals surface area contributed by atoms with Crippen molar-refractivity contribution in [1.29, 1.82) is 0 Å². The molecule has 13 heavy (non-hydrogen) atoms. The maximum absolute atomic E-state index is 10.9. The number of ether oxygens (including phenoxy) is 2. The molecular weight excluding hydrogens is 172 g/mol. The number of esters is 2. The zero-order valence-corrected chi connectivity index (χ0v) is 8.12. The van der Waals surface area contributed by atoms with E-state index in [2.05, 4.69) is 6.58 Å². The van der Waals surface area contributed by atoms with E-state index in [-0.39, 0.29) is 12.6 Å². The van der Waals surface area contributed by atoms with Crippen molar-refractivity contribution < 1.29 is 19.1 Å².